The summed E-state index contributed by atoms with van der Waals surface area (Å²) in [7, 11) is 2.08. The maximum absolute atomic E-state index is 9.22. The minimum absolute atomic E-state index is 0.0155. The molecular weight excluding hydrogens is 258 g/mol. The highest BCUT2D eigenvalue weighted by molar-refractivity contribution is 7.71. The zero-order valence-electron chi connectivity index (χ0n) is 11.0. The molecule has 0 spiro atoms. The minimum atomic E-state index is 0.0155. The number of aromatic amines is 1. The molecule has 5 heteroatoms. The maximum Gasteiger partial charge on any atom is 0.177 e. The fourth-order valence-electron chi connectivity index (χ4n) is 2.09. The number of hydrogen-bond donors (Lipinski definition) is 2. The van der Waals surface area contributed by atoms with Crippen LogP contribution in [0.2, 0.25) is 0 Å². The van der Waals surface area contributed by atoms with Gasteiger partial charge in [0.25, 0.3) is 0 Å². The predicted molar refractivity (Wildman–Crippen MR) is 79.9 cm³/mol. The molecule has 0 atom stereocenters. The van der Waals surface area contributed by atoms with Crippen LogP contribution < -0.4 is 4.90 Å². The molecule has 0 saturated carbocycles. The van der Waals surface area contributed by atoms with Crippen LogP contribution in [0.5, 0.6) is 0 Å². The van der Waals surface area contributed by atoms with E-state index in [1.165, 1.54) is 5.69 Å². The summed E-state index contributed by atoms with van der Waals surface area (Å²) < 4.78 is 2.63. The highest BCUT2D eigenvalue weighted by atomic mass is 32.1. The van der Waals surface area contributed by atoms with Crippen molar-refractivity contribution < 1.29 is 5.11 Å². The van der Waals surface area contributed by atoms with Gasteiger partial charge in [0.05, 0.1) is 12.3 Å². The van der Waals surface area contributed by atoms with E-state index in [9.17, 15) is 5.11 Å². The molecule has 0 bridgehead atoms. The van der Waals surface area contributed by atoms with Crippen LogP contribution in [0.3, 0.4) is 0 Å². The van der Waals surface area contributed by atoms with Crippen LogP contribution in [-0.2, 0) is 13.2 Å². The van der Waals surface area contributed by atoms with Gasteiger partial charge in [-0.3, -0.25) is 0 Å². The van der Waals surface area contributed by atoms with Crippen LogP contribution >= 0.6 is 12.2 Å². The number of imidazole rings is 1. The lowest BCUT2D eigenvalue weighted by Gasteiger charge is -2.19. The van der Waals surface area contributed by atoms with Crippen LogP contribution in [0.25, 0.3) is 0 Å². The lowest BCUT2D eigenvalue weighted by molar-refractivity contribution is 0.270. The number of para-hydroxylation sites is 1. The molecule has 2 N–H and O–H groups in total. The normalized spacial score (nSPS) is 10.6. The summed E-state index contributed by atoms with van der Waals surface area (Å²) in [6.07, 6.45) is 2.74. The van der Waals surface area contributed by atoms with Crippen molar-refractivity contribution in [2.24, 2.45) is 0 Å². The zero-order chi connectivity index (χ0) is 13.7. The topological polar surface area (TPSA) is 44.2 Å². The number of benzene rings is 1. The molecule has 0 fully saturated rings. The third-order valence-electron chi connectivity index (χ3n) is 3.19. The van der Waals surface area contributed by atoms with Crippen molar-refractivity contribution in [1.82, 2.24) is 9.55 Å². The van der Waals surface area contributed by atoms with E-state index in [4.69, 9.17) is 12.2 Å². The smallest absolute Gasteiger partial charge is 0.177 e. The van der Waals surface area contributed by atoms with Gasteiger partial charge in [-0.1, -0.05) is 18.2 Å². The van der Waals surface area contributed by atoms with E-state index in [0.29, 0.717) is 4.77 Å². The van der Waals surface area contributed by atoms with Gasteiger partial charge < -0.3 is 19.6 Å². The second-order valence-corrected chi connectivity index (χ2v) is 4.89. The summed E-state index contributed by atoms with van der Waals surface area (Å²) in [6, 6.07) is 10.3. The first kappa shape index (κ1) is 13.8. The van der Waals surface area contributed by atoms with E-state index >= 15 is 0 Å². The molecule has 2 aromatic rings. The standard InChI is InChI=1S/C14H19N3OS/c1-16(12-6-3-2-4-7-12)8-5-9-17-13(11-18)10-15-14(17)19/h2-4,6-7,10,18H,5,8-9,11H2,1H3,(H,15,19). The van der Waals surface area contributed by atoms with E-state index in [1.54, 1.807) is 6.20 Å². The van der Waals surface area contributed by atoms with Crippen LogP contribution in [0.4, 0.5) is 5.69 Å². The van der Waals surface area contributed by atoms with Gasteiger partial charge in [0, 0.05) is 32.0 Å². The molecule has 0 aliphatic heterocycles. The number of anilines is 1. The Kier molecular flexibility index (Phi) is 4.76. The Morgan fingerprint density at radius 1 is 1.32 bits per heavy atom. The average Bonchev–Trinajstić information content (AvgIpc) is 2.80. The molecule has 0 unspecified atom stereocenters. The lowest BCUT2D eigenvalue weighted by Crippen LogP contribution is -2.20. The Morgan fingerprint density at radius 2 is 2.05 bits per heavy atom. The molecule has 0 radical (unpaired) electrons. The second kappa shape index (κ2) is 6.54. The van der Waals surface area contributed by atoms with E-state index in [1.807, 2.05) is 22.8 Å². The number of aliphatic hydroxyl groups is 1. The van der Waals surface area contributed by atoms with Gasteiger partial charge in [-0.15, -0.1) is 0 Å². The number of H-pyrrole nitrogens is 1. The molecule has 0 saturated heterocycles. The minimum Gasteiger partial charge on any atom is -0.390 e. The van der Waals surface area contributed by atoms with Crippen molar-refractivity contribution in [2.45, 2.75) is 19.6 Å². The third-order valence-corrected chi connectivity index (χ3v) is 3.53. The molecule has 102 valence electrons. The molecular formula is C14H19N3OS. The van der Waals surface area contributed by atoms with Gasteiger partial charge in [0.2, 0.25) is 0 Å². The molecule has 1 aromatic heterocycles. The first-order chi connectivity index (χ1) is 9.22. The molecule has 0 aliphatic rings. The van der Waals surface area contributed by atoms with Crippen LogP contribution in [0.1, 0.15) is 12.1 Å². The number of aliphatic hydroxyl groups excluding tert-OH is 1. The Balaban J connectivity index is 1.90. The highest BCUT2D eigenvalue weighted by Crippen LogP contribution is 2.11. The Morgan fingerprint density at radius 3 is 2.74 bits per heavy atom. The van der Waals surface area contributed by atoms with Crippen LogP contribution in [0.15, 0.2) is 36.5 Å². The molecule has 0 amide bonds. The number of aromatic nitrogens is 2. The number of rotatable bonds is 6. The summed E-state index contributed by atoms with van der Waals surface area (Å²) in [4.78, 5) is 5.18. The van der Waals surface area contributed by atoms with Crippen molar-refractivity contribution in [3.8, 4) is 0 Å². The van der Waals surface area contributed by atoms with Gasteiger partial charge >= 0.3 is 0 Å². The van der Waals surface area contributed by atoms with Crippen molar-refractivity contribution in [3.63, 3.8) is 0 Å². The fourth-order valence-corrected chi connectivity index (χ4v) is 2.35. The molecule has 1 aromatic carbocycles. The Hall–Kier alpha value is -1.59. The summed E-state index contributed by atoms with van der Waals surface area (Å²) in [5, 5.41) is 9.22. The van der Waals surface area contributed by atoms with E-state index in [0.717, 1.165) is 25.2 Å². The van der Waals surface area contributed by atoms with Crippen molar-refractivity contribution in [1.29, 1.82) is 0 Å². The fraction of sp³-hybridized carbons (Fsp3) is 0.357. The van der Waals surface area contributed by atoms with Crippen molar-refractivity contribution in [3.05, 3.63) is 47.0 Å². The van der Waals surface area contributed by atoms with Gasteiger partial charge in [-0.25, -0.2) is 0 Å². The SMILES string of the molecule is CN(CCCn1c(CO)c[nH]c1=S)c1ccccc1. The summed E-state index contributed by atoms with van der Waals surface area (Å²) >= 11 is 5.19. The zero-order valence-corrected chi connectivity index (χ0v) is 11.9. The van der Waals surface area contributed by atoms with E-state index in [-0.39, 0.29) is 6.61 Å². The van der Waals surface area contributed by atoms with Gasteiger partial charge in [-0.05, 0) is 30.8 Å². The maximum atomic E-state index is 9.22. The first-order valence-corrected chi connectivity index (χ1v) is 6.77. The van der Waals surface area contributed by atoms with E-state index in [2.05, 4.69) is 29.1 Å². The largest absolute Gasteiger partial charge is 0.390 e. The quantitative estimate of drug-likeness (QED) is 0.798. The molecule has 2 rings (SSSR count). The average molecular weight is 277 g/mol. The van der Waals surface area contributed by atoms with Crippen LogP contribution in [0, 0.1) is 4.77 Å². The summed E-state index contributed by atoms with van der Waals surface area (Å²) in [6.45, 7) is 1.78. The summed E-state index contributed by atoms with van der Waals surface area (Å²) in [5.74, 6) is 0. The lowest BCUT2D eigenvalue weighted by atomic mass is 10.3. The highest BCUT2D eigenvalue weighted by Gasteiger charge is 2.04. The molecule has 0 aliphatic carbocycles. The predicted octanol–water partition coefficient (Wildman–Crippen LogP) is 2.56. The number of hydrogen-bond acceptors (Lipinski definition) is 3. The third kappa shape index (κ3) is 3.45. The first-order valence-electron chi connectivity index (χ1n) is 6.36. The van der Waals surface area contributed by atoms with Gasteiger partial charge in [-0.2, -0.15) is 0 Å². The molecule has 4 nitrogen and oxygen atoms in total. The number of nitrogens with zero attached hydrogens (tertiary/aromatic N) is 2. The van der Waals surface area contributed by atoms with Gasteiger partial charge in [0.15, 0.2) is 4.77 Å². The molecule has 19 heavy (non-hydrogen) atoms. The second-order valence-electron chi connectivity index (χ2n) is 4.51. The Labute approximate surface area is 118 Å². The Bertz CT molecular complexity index is 562. The summed E-state index contributed by atoms with van der Waals surface area (Å²) in [5.41, 5.74) is 2.05. The van der Waals surface area contributed by atoms with Crippen molar-refractivity contribution >= 4 is 17.9 Å². The van der Waals surface area contributed by atoms with Gasteiger partial charge in [0.1, 0.15) is 0 Å². The van der Waals surface area contributed by atoms with Crippen LogP contribution in [-0.4, -0.2) is 28.3 Å². The van der Waals surface area contributed by atoms with E-state index < -0.39 is 0 Å². The monoisotopic (exact) mass is 277 g/mol. The molecule has 1 heterocycles. The number of nitrogens with one attached hydrogen (secondary N) is 1. The van der Waals surface area contributed by atoms with Crippen molar-refractivity contribution in [2.75, 3.05) is 18.5 Å².